The van der Waals surface area contributed by atoms with Crippen LogP contribution in [0.4, 0.5) is 0 Å². The fourth-order valence-electron chi connectivity index (χ4n) is 3.68. The zero-order valence-corrected chi connectivity index (χ0v) is 16.1. The van der Waals surface area contributed by atoms with E-state index >= 15 is 0 Å². The van der Waals surface area contributed by atoms with Gasteiger partial charge in [-0.2, -0.15) is 10.2 Å². The molecule has 0 aliphatic heterocycles. The fraction of sp³-hybridized carbons (Fsp3) is 0.600. The molecule has 2 saturated carbocycles. The zero-order chi connectivity index (χ0) is 19.2. The number of carbonyl (C=O) groups is 2. The topological polar surface area (TPSA) is 96.1 Å². The van der Waals surface area contributed by atoms with Crippen molar-refractivity contribution in [2.75, 3.05) is 0 Å². The highest BCUT2D eigenvalue weighted by Crippen LogP contribution is 2.22. The van der Waals surface area contributed by atoms with Crippen LogP contribution in [0.5, 0.6) is 0 Å². The predicted octanol–water partition coefficient (Wildman–Crippen LogP) is 3.87. The Balaban J connectivity index is 1.54. The van der Waals surface area contributed by atoms with E-state index in [4.69, 9.17) is 4.42 Å². The number of rotatable bonds is 4. The molecule has 0 saturated heterocycles. The van der Waals surface area contributed by atoms with Gasteiger partial charge in [-0.15, -0.1) is 0 Å². The lowest BCUT2D eigenvalue weighted by molar-refractivity contribution is 0.0901. The van der Waals surface area contributed by atoms with Crippen molar-refractivity contribution in [1.82, 2.24) is 10.9 Å². The van der Waals surface area contributed by atoms with Gasteiger partial charge in [0.2, 0.25) is 0 Å². The molecule has 2 N–H and O–H groups in total. The van der Waals surface area contributed by atoms with Crippen LogP contribution in [0.15, 0.2) is 26.8 Å². The van der Waals surface area contributed by atoms with E-state index in [-0.39, 0.29) is 11.5 Å². The normalized spacial score (nSPS) is 26.1. The van der Waals surface area contributed by atoms with Crippen molar-refractivity contribution in [3.63, 3.8) is 0 Å². The van der Waals surface area contributed by atoms with E-state index in [2.05, 4.69) is 34.9 Å². The number of nitrogens with zero attached hydrogens (tertiary/aromatic N) is 2. The van der Waals surface area contributed by atoms with Gasteiger partial charge in [0.15, 0.2) is 11.5 Å². The molecule has 0 spiro atoms. The number of furan rings is 1. The van der Waals surface area contributed by atoms with Crippen LogP contribution in [-0.4, -0.2) is 23.2 Å². The van der Waals surface area contributed by atoms with E-state index in [0.717, 1.165) is 49.9 Å². The highest BCUT2D eigenvalue weighted by Gasteiger charge is 2.18. The Bertz CT molecular complexity index is 690. The molecular formula is C20H28N4O3. The average molecular weight is 372 g/mol. The fourth-order valence-corrected chi connectivity index (χ4v) is 3.68. The molecule has 0 bridgehead atoms. The second-order valence-corrected chi connectivity index (χ2v) is 7.80. The van der Waals surface area contributed by atoms with Crippen LogP contribution in [0.3, 0.4) is 0 Å². The monoisotopic (exact) mass is 372 g/mol. The van der Waals surface area contributed by atoms with Crippen LogP contribution < -0.4 is 10.9 Å². The van der Waals surface area contributed by atoms with Crippen LogP contribution in [0.25, 0.3) is 0 Å². The van der Waals surface area contributed by atoms with Crippen LogP contribution in [0.1, 0.15) is 86.3 Å². The third-order valence-corrected chi connectivity index (χ3v) is 5.18. The lowest BCUT2D eigenvalue weighted by Crippen LogP contribution is -2.22. The number of nitrogens with one attached hydrogen (secondary N) is 2. The van der Waals surface area contributed by atoms with Crippen molar-refractivity contribution in [3.05, 3.63) is 23.7 Å². The Kier molecular flexibility index (Phi) is 6.42. The summed E-state index contributed by atoms with van der Waals surface area (Å²) in [6.07, 6.45) is 8.24. The Morgan fingerprint density at radius 2 is 1.33 bits per heavy atom. The van der Waals surface area contributed by atoms with Crippen molar-refractivity contribution in [1.29, 1.82) is 0 Å². The van der Waals surface area contributed by atoms with Crippen molar-refractivity contribution in [2.24, 2.45) is 22.0 Å². The smallest absolute Gasteiger partial charge is 0.307 e. The molecule has 2 atom stereocenters. The van der Waals surface area contributed by atoms with Crippen molar-refractivity contribution in [2.45, 2.75) is 65.2 Å². The Morgan fingerprint density at radius 1 is 0.889 bits per heavy atom. The van der Waals surface area contributed by atoms with E-state index in [9.17, 15) is 9.59 Å². The second kappa shape index (κ2) is 8.97. The van der Waals surface area contributed by atoms with Crippen LogP contribution in [0, 0.1) is 11.8 Å². The summed E-state index contributed by atoms with van der Waals surface area (Å²) in [6.45, 7) is 4.37. The minimum atomic E-state index is -0.452. The molecule has 146 valence electrons. The van der Waals surface area contributed by atoms with Gasteiger partial charge < -0.3 is 4.42 Å². The molecule has 1 aromatic heterocycles. The van der Waals surface area contributed by atoms with E-state index in [1.165, 1.54) is 25.0 Å². The minimum absolute atomic E-state index is 0.0623. The maximum absolute atomic E-state index is 12.2. The maximum atomic E-state index is 12.2. The number of hydrogen-bond donors (Lipinski definition) is 2. The SMILES string of the molecule is C[C@@H]1CCC/C(=N/NC(=O)c2ccc(C(=O)N/N=C3/CCC[C@H](C)C3)o2)C1. The highest BCUT2D eigenvalue weighted by atomic mass is 16.4. The zero-order valence-electron chi connectivity index (χ0n) is 16.1. The summed E-state index contributed by atoms with van der Waals surface area (Å²) in [7, 11) is 0. The van der Waals surface area contributed by atoms with Gasteiger partial charge in [-0.25, -0.2) is 10.9 Å². The predicted molar refractivity (Wildman–Crippen MR) is 104 cm³/mol. The van der Waals surface area contributed by atoms with Gasteiger partial charge in [0, 0.05) is 11.4 Å². The summed E-state index contributed by atoms with van der Waals surface area (Å²) >= 11 is 0. The minimum Gasteiger partial charge on any atom is -0.446 e. The van der Waals surface area contributed by atoms with Crippen molar-refractivity contribution in [3.8, 4) is 0 Å². The average Bonchev–Trinajstić information content (AvgIpc) is 3.15. The standard InChI is InChI=1S/C20H28N4O3/c1-13-5-3-7-15(11-13)21-23-19(25)17-9-10-18(27-17)20(26)24-22-16-8-4-6-14(2)12-16/h9-10,13-14H,3-8,11-12H2,1-2H3,(H,23,25)(H,24,26)/b21-15-,22-16-/t13-,14+. The van der Waals surface area contributed by atoms with E-state index in [1.807, 2.05) is 0 Å². The molecule has 7 heteroatoms. The molecule has 7 nitrogen and oxygen atoms in total. The number of amides is 2. The van der Waals surface area contributed by atoms with Crippen molar-refractivity contribution >= 4 is 23.2 Å². The van der Waals surface area contributed by atoms with Gasteiger partial charge in [0.1, 0.15) is 0 Å². The summed E-state index contributed by atoms with van der Waals surface area (Å²) in [5.74, 6) is 0.420. The number of hydrazone groups is 2. The molecule has 2 aliphatic carbocycles. The van der Waals surface area contributed by atoms with E-state index < -0.39 is 11.8 Å². The molecule has 2 fully saturated rings. The summed E-state index contributed by atoms with van der Waals surface area (Å²) in [5.41, 5.74) is 7.06. The molecule has 0 radical (unpaired) electrons. The largest absolute Gasteiger partial charge is 0.446 e. The quantitative estimate of drug-likeness (QED) is 0.785. The molecule has 3 rings (SSSR count). The van der Waals surface area contributed by atoms with Crippen LogP contribution in [0.2, 0.25) is 0 Å². The first-order chi connectivity index (χ1) is 13.0. The van der Waals surface area contributed by atoms with Gasteiger partial charge >= 0.3 is 11.8 Å². The van der Waals surface area contributed by atoms with Crippen LogP contribution in [-0.2, 0) is 0 Å². The summed E-state index contributed by atoms with van der Waals surface area (Å²) in [5, 5.41) is 8.41. The first-order valence-corrected chi connectivity index (χ1v) is 9.82. The molecule has 0 unspecified atom stereocenters. The summed E-state index contributed by atoms with van der Waals surface area (Å²) in [6, 6.07) is 2.95. The lowest BCUT2D eigenvalue weighted by Gasteiger charge is -2.18. The van der Waals surface area contributed by atoms with E-state index in [1.54, 1.807) is 0 Å². The van der Waals surface area contributed by atoms with Gasteiger partial charge in [-0.05, 0) is 75.3 Å². The lowest BCUT2D eigenvalue weighted by atomic mass is 9.89. The summed E-state index contributed by atoms with van der Waals surface area (Å²) < 4.78 is 5.37. The van der Waals surface area contributed by atoms with E-state index in [0.29, 0.717) is 11.8 Å². The maximum Gasteiger partial charge on any atom is 0.307 e. The number of carbonyl (C=O) groups excluding carboxylic acids is 2. The highest BCUT2D eigenvalue weighted by molar-refractivity contribution is 5.97. The molecule has 2 aliphatic rings. The first kappa shape index (κ1) is 19.3. The Morgan fingerprint density at radius 3 is 1.74 bits per heavy atom. The number of hydrogen-bond acceptors (Lipinski definition) is 5. The molecule has 27 heavy (non-hydrogen) atoms. The van der Waals surface area contributed by atoms with Gasteiger partial charge in [0.25, 0.3) is 0 Å². The van der Waals surface area contributed by atoms with Gasteiger partial charge in [-0.3, -0.25) is 9.59 Å². The molecular weight excluding hydrogens is 344 g/mol. The molecule has 1 heterocycles. The third kappa shape index (κ3) is 5.52. The van der Waals surface area contributed by atoms with Crippen molar-refractivity contribution < 1.29 is 14.0 Å². The third-order valence-electron chi connectivity index (χ3n) is 5.18. The van der Waals surface area contributed by atoms with Crippen LogP contribution >= 0.6 is 0 Å². The molecule has 2 amide bonds. The summed E-state index contributed by atoms with van der Waals surface area (Å²) in [4.78, 5) is 24.3. The Labute approximate surface area is 159 Å². The molecule has 0 aromatic carbocycles. The Hall–Kier alpha value is -2.44. The second-order valence-electron chi connectivity index (χ2n) is 7.80. The first-order valence-electron chi connectivity index (χ1n) is 9.82. The van der Waals surface area contributed by atoms with Gasteiger partial charge in [0.05, 0.1) is 0 Å². The molecule has 1 aromatic rings. The van der Waals surface area contributed by atoms with Gasteiger partial charge in [-0.1, -0.05) is 13.8 Å².